The summed E-state index contributed by atoms with van der Waals surface area (Å²) >= 11 is 0. The summed E-state index contributed by atoms with van der Waals surface area (Å²) in [6.07, 6.45) is 1.65. The Hall–Kier alpha value is -3.19. The van der Waals surface area contributed by atoms with Crippen LogP contribution in [0.5, 0.6) is 0 Å². The molecule has 0 atom stereocenters. The van der Waals surface area contributed by atoms with Crippen LogP contribution in [0.25, 0.3) is 0 Å². The lowest BCUT2D eigenvalue weighted by molar-refractivity contribution is 0.0950. The summed E-state index contributed by atoms with van der Waals surface area (Å²) < 4.78 is 28.2. The lowest BCUT2D eigenvalue weighted by Gasteiger charge is -2.12. The van der Waals surface area contributed by atoms with Crippen molar-refractivity contribution in [1.29, 1.82) is 0 Å². The van der Waals surface area contributed by atoms with Crippen molar-refractivity contribution in [2.75, 3.05) is 4.72 Å². The number of aryl methyl sites for hydroxylation is 2. The van der Waals surface area contributed by atoms with Crippen LogP contribution in [0.2, 0.25) is 0 Å². The average Bonchev–Trinajstić information content (AvgIpc) is 2.69. The minimum Gasteiger partial charge on any atom is -0.346 e. The highest BCUT2D eigenvalue weighted by molar-refractivity contribution is 7.92. The van der Waals surface area contributed by atoms with Gasteiger partial charge in [-0.1, -0.05) is 29.8 Å². The molecule has 0 saturated heterocycles. The molecule has 0 aliphatic heterocycles. The highest BCUT2D eigenvalue weighted by Crippen LogP contribution is 2.21. The molecule has 0 aliphatic carbocycles. The van der Waals surface area contributed by atoms with E-state index in [0.717, 1.165) is 11.3 Å². The van der Waals surface area contributed by atoms with Gasteiger partial charge in [0.05, 0.1) is 17.1 Å². The van der Waals surface area contributed by atoms with Crippen LogP contribution in [0.15, 0.2) is 71.8 Å². The van der Waals surface area contributed by atoms with Gasteiger partial charge < -0.3 is 5.32 Å². The highest BCUT2D eigenvalue weighted by Gasteiger charge is 2.19. The molecule has 0 unspecified atom stereocenters. The molecule has 0 spiro atoms. The predicted octanol–water partition coefficient (Wildman–Crippen LogP) is 3.43. The van der Waals surface area contributed by atoms with Gasteiger partial charge in [0, 0.05) is 17.4 Å². The molecule has 0 radical (unpaired) electrons. The Bertz CT molecular complexity index is 1080. The third-order valence-electron chi connectivity index (χ3n) is 4.20. The first-order valence-electron chi connectivity index (χ1n) is 8.73. The largest absolute Gasteiger partial charge is 0.346 e. The van der Waals surface area contributed by atoms with Crippen LogP contribution < -0.4 is 10.0 Å². The Morgan fingerprint density at radius 2 is 1.75 bits per heavy atom. The number of carbonyl (C=O) groups excluding carboxylic acids is 1. The number of aromatic nitrogens is 1. The predicted molar refractivity (Wildman–Crippen MR) is 109 cm³/mol. The minimum absolute atomic E-state index is 0.0681. The number of hydrogen-bond donors (Lipinski definition) is 2. The van der Waals surface area contributed by atoms with Crippen LogP contribution in [0.4, 0.5) is 5.69 Å². The molecular weight excluding hydrogens is 374 g/mol. The van der Waals surface area contributed by atoms with Gasteiger partial charge >= 0.3 is 0 Å². The quantitative estimate of drug-likeness (QED) is 0.669. The van der Waals surface area contributed by atoms with E-state index in [4.69, 9.17) is 0 Å². The standard InChI is InChI=1S/C21H21N3O3S/c1-15-6-10-18(11-7-15)24-28(26,27)20-13-17(9-8-16(20)2)21(25)23-14-19-5-3-4-12-22-19/h3-13,24H,14H2,1-2H3,(H,23,25). The highest BCUT2D eigenvalue weighted by atomic mass is 32.2. The van der Waals surface area contributed by atoms with E-state index in [0.29, 0.717) is 11.3 Å². The number of rotatable bonds is 6. The number of nitrogens with zero attached hydrogens (tertiary/aromatic N) is 1. The fourth-order valence-electron chi connectivity index (χ4n) is 2.64. The minimum atomic E-state index is -3.82. The van der Waals surface area contributed by atoms with E-state index in [9.17, 15) is 13.2 Å². The van der Waals surface area contributed by atoms with Gasteiger partial charge in [-0.25, -0.2) is 8.42 Å². The monoisotopic (exact) mass is 395 g/mol. The maximum Gasteiger partial charge on any atom is 0.262 e. The van der Waals surface area contributed by atoms with Crippen LogP contribution in [-0.4, -0.2) is 19.3 Å². The first-order valence-corrected chi connectivity index (χ1v) is 10.2. The van der Waals surface area contributed by atoms with E-state index in [1.807, 2.05) is 25.1 Å². The van der Waals surface area contributed by atoms with E-state index in [1.165, 1.54) is 6.07 Å². The summed E-state index contributed by atoms with van der Waals surface area (Å²) in [7, 11) is -3.82. The van der Waals surface area contributed by atoms with Crippen molar-refractivity contribution in [3.05, 3.63) is 89.2 Å². The van der Waals surface area contributed by atoms with Gasteiger partial charge in [-0.2, -0.15) is 0 Å². The van der Waals surface area contributed by atoms with Gasteiger partial charge in [0.1, 0.15) is 0 Å². The zero-order chi connectivity index (χ0) is 20.1. The molecule has 3 aromatic rings. The van der Waals surface area contributed by atoms with Crippen molar-refractivity contribution in [2.24, 2.45) is 0 Å². The van der Waals surface area contributed by atoms with Crippen molar-refractivity contribution in [1.82, 2.24) is 10.3 Å². The van der Waals surface area contributed by atoms with E-state index in [-0.39, 0.29) is 22.9 Å². The Labute approximate surface area is 164 Å². The number of benzene rings is 2. The number of anilines is 1. The molecule has 2 N–H and O–H groups in total. The Kier molecular flexibility index (Phi) is 5.75. The molecule has 1 amide bonds. The van der Waals surface area contributed by atoms with Gasteiger partial charge in [0.15, 0.2) is 0 Å². The van der Waals surface area contributed by atoms with Gasteiger partial charge in [-0.05, 0) is 55.8 Å². The second kappa shape index (κ2) is 8.22. The van der Waals surface area contributed by atoms with Gasteiger partial charge in [-0.3, -0.25) is 14.5 Å². The topological polar surface area (TPSA) is 88.2 Å². The molecule has 0 bridgehead atoms. The SMILES string of the molecule is Cc1ccc(NS(=O)(=O)c2cc(C(=O)NCc3ccccn3)ccc2C)cc1. The number of hydrogen-bond acceptors (Lipinski definition) is 4. The molecule has 2 aromatic carbocycles. The van der Waals surface area contributed by atoms with Crippen molar-refractivity contribution in [3.8, 4) is 0 Å². The summed E-state index contributed by atoms with van der Waals surface area (Å²) in [5, 5.41) is 2.75. The molecule has 0 aliphatic rings. The van der Waals surface area contributed by atoms with Crippen molar-refractivity contribution < 1.29 is 13.2 Å². The zero-order valence-electron chi connectivity index (χ0n) is 15.6. The summed E-state index contributed by atoms with van der Waals surface area (Å²) in [6.45, 7) is 3.88. The third-order valence-corrected chi connectivity index (χ3v) is 5.72. The Morgan fingerprint density at radius 3 is 2.43 bits per heavy atom. The summed E-state index contributed by atoms with van der Waals surface area (Å²) in [5.41, 5.74) is 3.05. The first-order chi connectivity index (χ1) is 13.3. The fraction of sp³-hybridized carbons (Fsp3) is 0.143. The first kappa shape index (κ1) is 19.6. The van der Waals surface area contributed by atoms with E-state index < -0.39 is 10.0 Å². The maximum atomic E-state index is 12.8. The van der Waals surface area contributed by atoms with E-state index in [1.54, 1.807) is 49.5 Å². The lowest BCUT2D eigenvalue weighted by Crippen LogP contribution is -2.24. The van der Waals surface area contributed by atoms with Crippen LogP contribution >= 0.6 is 0 Å². The normalized spacial score (nSPS) is 11.1. The third kappa shape index (κ3) is 4.75. The van der Waals surface area contributed by atoms with Crippen molar-refractivity contribution in [3.63, 3.8) is 0 Å². The van der Waals surface area contributed by atoms with E-state index >= 15 is 0 Å². The molecule has 6 nitrogen and oxygen atoms in total. The molecular formula is C21H21N3O3S. The van der Waals surface area contributed by atoms with Gasteiger partial charge in [0.2, 0.25) is 0 Å². The second-order valence-electron chi connectivity index (χ2n) is 6.46. The summed E-state index contributed by atoms with van der Waals surface area (Å²) in [4.78, 5) is 16.7. The molecule has 7 heteroatoms. The second-order valence-corrected chi connectivity index (χ2v) is 8.11. The van der Waals surface area contributed by atoms with Gasteiger partial charge in [0.25, 0.3) is 15.9 Å². The summed E-state index contributed by atoms with van der Waals surface area (Å²) in [6, 6.07) is 17.1. The number of nitrogens with one attached hydrogen (secondary N) is 2. The van der Waals surface area contributed by atoms with Crippen LogP contribution in [0, 0.1) is 13.8 Å². The lowest BCUT2D eigenvalue weighted by atomic mass is 10.1. The van der Waals surface area contributed by atoms with Crippen LogP contribution in [-0.2, 0) is 16.6 Å². The molecule has 28 heavy (non-hydrogen) atoms. The molecule has 0 saturated carbocycles. The summed E-state index contributed by atoms with van der Waals surface area (Å²) in [5.74, 6) is -0.363. The number of sulfonamides is 1. The fourth-order valence-corrected chi connectivity index (χ4v) is 3.97. The zero-order valence-corrected chi connectivity index (χ0v) is 16.5. The van der Waals surface area contributed by atoms with Crippen molar-refractivity contribution >= 4 is 21.6 Å². The maximum absolute atomic E-state index is 12.8. The number of amides is 1. The molecule has 0 fully saturated rings. The van der Waals surface area contributed by atoms with E-state index in [2.05, 4.69) is 15.0 Å². The average molecular weight is 395 g/mol. The van der Waals surface area contributed by atoms with Crippen LogP contribution in [0.1, 0.15) is 27.2 Å². The van der Waals surface area contributed by atoms with Gasteiger partial charge in [-0.15, -0.1) is 0 Å². The van der Waals surface area contributed by atoms with Crippen LogP contribution in [0.3, 0.4) is 0 Å². The molecule has 3 rings (SSSR count). The van der Waals surface area contributed by atoms with Crippen molar-refractivity contribution in [2.45, 2.75) is 25.3 Å². The molecule has 144 valence electrons. The molecule has 1 heterocycles. The Balaban J connectivity index is 1.80. The Morgan fingerprint density at radius 1 is 1.00 bits per heavy atom. The number of pyridine rings is 1. The molecule has 1 aromatic heterocycles. The smallest absolute Gasteiger partial charge is 0.262 e. The number of carbonyl (C=O) groups is 1.